The van der Waals surface area contributed by atoms with Crippen LogP contribution in [0.2, 0.25) is 0 Å². The van der Waals surface area contributed by atoms with E-state index in [0.29, 0.717) is 15.8 Å². The summed E-state index contributed by atoms with van der Waals surface area (Å²) in [7, 11) is 1.70. The highest BCUT2D eigenvalue weighted by Crippen LogP contribution is 2.33. The van der Waals surface area contributed by atoms with E-state index in [4.69, 9.17) is 0 Å². The molecule has 1 aromatic carbocycles. The van der Waals surface area contributed by atoms with Crippen LogP contribution in [0.5, 0.6) is 5.75 Å². The van der Waals surface area contributed by atoms with E-state index in [1.54, 1.807) is 55.8 Å². The first kappa shape index (κ1) is 14.3. The fourth-order valence-electron chi connectivity index (χ4n) is 1.90. The third kappa shape index (κ3) is 3.01. The average molecular weight is 311 g/mol. The minimum Gasteiger partial charge on any atom is -0.508 e. The van der Waals surface area contributed by atoms with Crippen molar-refractivity contribution in [3.05, 3.63) is 59.3 Å². The molecule has 1 aromatic heterocycles. The lowest BCUT2D eigenvalue weighted by Gasteiger charge is -2.06. The van der Waals surface area contributed by atoms with Crippen LogP contribution in [0.1, 0.15) is 5.56 Å². The number of carbonyl (C=O) groups excluding carboxylic acids is 1. The van der Waals surface area contributed by atoms with Gasteiger partial charge in [0.25, 0.3) is 5.91 Å². The number of likely N-dealkylation sites (N-methyl/N-ethyl adjacent to an activating group) is 1. The number of rotatable bonds is 2. The van der Waals surface area contributed by atoms with E-state index < -0.39 is 0 Å². The van der Waals surface area contributed by atoms with Gasteiger partial charge in [-0.25, -0.2) is 4.99 Å². The number of aliphatic imine (C=N–C) groups is 1. The van der Waals surface area contributed by atoms with E-state index >= 15 is 0 Å². The Morgan fingerprint density at radius 2 is 2.05 bits per heavy atom. The fraction of sp³-hybridized carbons (Fsp3) is 0.0625. The maximum absolute atomic E-state index is 12.3. The van der Waals surface area contributed by atoms with Crippen molar-refractivity contribution in [2.24, 2.45) is 4.99 Å². The predicted octanol–water partition coefficient (Wildman–Crippen LogP) is 3.02. The largest absolute Gasteiger partial charge is 0.508 e. The minimum atomic E-state index is -0.0966. The molecule has 0 radical (unpaired) electrons. The molecule has 22 heavy (non-hydrogen) atoms. The third-order valence-electron chi connectivity index (χ3n) is 3.07. The van der Waals surface area contributed by atoms with Gasteiger partial charge in [0.15, 0.2) is 5.17 Å². The number of nitrogens with zero attached hydrogens (tertiary/aromatic N) is 3. The molecule has 1 N–H and O–H groups in total. The summed E-state index contributed by atoms with van der Waals surface area (Å²) in [5, 5.41) is 9.91. The molecule has 0 bridgehead atoms. The molecule has 6 heteroatoms. The number of aromatic hydroxyl groups is 1. The number of aromatic nitrogens is 1. The molecule has 0 atom stereocenters. The average Bonchev–Trinajstić information content (AvgIpc) is 2.79. The summed E-state index contributed by atoms with van der Waals surface area (Å²) < 4.78 is 0. The molecule has 1 aliphatic rings. The molecule has 3 rings (SSSR count). The normalized spacial score (nSPS) is 18.4. The van der Waals surface area contributed by atoms with E-state index in [0.717, 1.165) is 5.56 Å². The summed E-state index contributed by atoms with van der Waals surface area (Å²) in [5.41, 5.74) is 1.56. The molecule has 2 heterocycles. The lowest BCUT2D eigenvalue weighted by Crippen LogP contribution is -2.23. The molecule has 5 nitrogen and oxygen atoms in total. The number of hydrogen-bond donors (Lipinski definition) is 1. The SMILES string of the molecule is CN1C(=O)/C(=C/c2ccc(O)cc2)SC1=Nc1cccnc1. The number of pyridine rings is 1. The molecule has 0 spiro atoms. The van der Waals surface area contributed by atoms with Gasteiger partial charge in [0.2, 0.25) is 0 Å². The van der Waals surface area contributed by atoms with E-state index in [-0.39, 0.29) is 11.7 Å². The summed E-state index contributed by atoms with van der Waals surface area (Å²) in [4.78, 5) is 22.8. The Kier molecular flexibility index (Phi) is 3.93. The smallest absolute Gasteiger partial charge is 0.266 e. The van der Waals surface area contributed by atoms with Crippen LogP contribution in [-0.2, 0) is 4.79 Å². The van der Waals surface area contributed by atoms with Crippen molar-refractivity contribution in [1.82, 2.24) is 9.88 Å². The third-order valence-corrected chi connectivity index (χ3v) is 4.13. The van der Waals surface area contributed by atoms with E-state index in [1.807, 2.05) is 6.07 Å². The Bertz CT molecular complexity index is 755. The molecule has 2 aromatic rings. The summed E-state index contributed by atoms with van der Waals surface area (Å²) >= 11 is 1.32. The van der Waals surface area contributed by atoms with Crippen LogP contribution in [0, 0.1) is 0 Å². The topological polar surface area (TPSA) is 65.8 Å². The van der Waals surface area contributed by atoms with Gasteiger partial charge in [-0.15, -0.1) is 0 Å². The van der Waals surface area contributed by atoms with E-state index in [9.17, 15) is 9.90 Å². The van der Waals surface area contributed by atoms with Crippen LogP contribution in [0.3, 0.4) is 0 Å². The molecular weight excluding hydrogens is 298 g/mol. The molecule has 1 saturated heterocycles. The summed E-state index contributed by atoms with van der Waals surface area (Å²) in [5.74, 6) is 0.101. The van der Waals surface area contributed by atoms with Crippen LogP contribution in [0.25, 0.3) is 6.08 Å². The number of amides is 1. The van der Waals surface area contributed by atoms with Gasteiger partial charge in [0.05, 0.1) is 16.8 Å². The van der Waals surface area contributed by atoms with Crippen molar-refractivity contribution in [3.63, 3.8) is 0 Å². The Morgan fingerprint density at radius 3 is 2.73 bits per heavy atom. The first-order valence-corrected chi connectivity index (χ1v) is 7.40. The second kappa shape index (κ2) is 6.03. The summed E-state index contributed by atoms with van der Waals surface area (Å²) in [6.07, 6.45) is 5.11. The second-order valence-corrected chi connectivity index (χ2v) is 5.68. The van der Waals surface area contributed by atoms with E-state index in [1.165, 1.54) is 16.7 Å². The quantitative estimate of drug-likeness (QED) is 0.866. The first-order chi connectivity index (χ1) is 10.6. The van der Waals surface area contributed by atoms with E-state index in [2.05, 4.69) is 9.98 Å². The molecule has 0 aliphatic carbocycles. The highest BCUT2D eigenvalue weighted by molar-refractivity contribution is 8.18. The van der Waals surface area contributed by atoms with Crippen molar-refractivity contribution < 1.29 is 9.90 Å². The summed E-state index contributed by atoms with van der Waals surface area (Å²) in [6, 6.07) is 10.3. The zero-order chi connectivity index (χ0) is 15.5. The maximum Gasteiger partial charge on any atom is 0.266 e. The molecular formula is C16H13N3O2S. The minimum absolute atomic E-state index is 0.0966. The van der Waals surface area contributed by atoms with Gasteiger partial charge in [-0.1, -0.05) is 12.1 Å². The Labute approximate surface area is 132 Å². The van der Waals surface area contributed by atoms with Crippen LogP contribution in [0.4, 0.5) is 5.69 Å². The Morgan fingerprint density at radius 1 is 1.27 bits per heavy atom. The molecule has 1 fully saturated rings. The van der Waals surface area contributed by atoms with Crippen molar-refractivity contribution in [2.75, 3.05) is 7.05 Å². The molecule has 110 valence electrons. The number of carbonyl (C=O) groups is 1. The number of thioether (sulfide) groups is 1. The number of phenolic OH excluding ortho intramolecular Hbond substituents is 1. The Balaban J connectivity index is 1.88. The molecule has 0 unspecified atom stereocenters. The number of amidine groups is 1. The van der Waals surface area contributed by atoms with Crippen LogP contribution in [0.15, 0.2) is 58.7 Å². The predicted molar refractivity (Wildman–Crippen MR) is 87.8 cm³/mol. The van der Waals surface area contributed by atoms with Crippen molar-refractivity contribution in [2.45, 2.75) is 0 Å². The lowest BCUT2D eigenvalue weighted by molar-refractivity contribution is -0.121. The van der Waals surface area contributed by atoms with Gasteiger partial charge < -0.3 is 5.11 Å². The van der Waals surface area contributed by atoms with Crippen molar-refractivity contribution in [1.29, 1.82) is 0 Å². The summed E-state index contributed by atoms with van der Waals surface area (Å²) in [6.45, 7) is 0. The molecule has 0 saturated carbocycles. The number of hydrogen-bond acceptors (Lipinski definition) is 5. The van der Waals surface area contributed by atoms with Crippen molar-refractivity contribution >= 4 is 34.6 Å². The Hall–Kier alpha value is -2.60. The second-order valence-electron chi connectivity index (χ2n) is 4.67. The van der Waals surface area contributed by atoms with Gasteiger partial charge >= 0.3 is 0 Å². The zero-order valence-electron chi connectivity index (χ0n) is 11.8. The number of phenols is 1. The van der Waals surface area contributed by atoms with Gasteiger partial charge in [0.1, 0.15) is 5.75 Å². The van der Waals surface area contributed by atoms with Gasteiger partial charge in [0, 0.05) is 13.2 Å². The zero-order valence-corrected chi connectivity index (χ0v) is 12.6. The highest BCUT2D eigenvalue weighted by Gasteiger charge is 2.30. The molecule has 1 aliphatic heterocycles. The highest BCUT2D eigenvalue weighted by atomic mass is 32.2. The maximum atomic E-state index is 12.3. The van der Waals surface area contributed by atoms with Gasteiger partial charge in [-0.2, -0.15) is 0 Å². The van der Waals surface area contributed by atoms with Crippen molar-refractivity contribution in [3.8, 4) is 5.75 Å². The van der Waals surface area contributed by atoms with Gasteiger partial charge in [-0.05, 0) is 47.7 Å². The number of benzene rings is 1. The lowest BCUT2D eigenvalue weighted by atomic mass is 10.2. The first-order valence-electron chi connectivity index (χ1n) is 6.59. The van der Waals surface area contributed by atoms with Crippen LogP contribution < -0.4 is 0 Å². The molecule has 1 amide bonds. The standard InChI is InChI=1S/C16H13N3O2S/c1-19-15(21)14(9-11-4-6-13(20)7-5-11)22-16(19)18-12-3-2-8-17-10-12/h2-10,20H,1H3/b14-9-,18-16?. The fourth-order valence-corrected chi connectivity index (χ4v) is 2.89. The van der Waals surface area contributed by atoms with Crippen LogP contribution >= 0.6 is 11.8 Å². The van der Waals surface area contributed by atoms with Gasteiger partial charge in [-0.3, -0.25) is 14.7 Å². The van der Waals surface area contributed by atoms with Crippen LogP contribution in [-0.4, -0.2) is 33.1 Å². The monoisotopic (exact) mass is 311 g/mol.